The number of esters is 1. The molecule has 0 amide bonds. The molecule has 0 unspecified atom stereocenters. The van der Waals surface area contributed by atoms with Gasteiger partial charge < -0.3 is 20.4 Å². The van der Waals surface area contributed by atoms with Crippen LogP contribution in [0.4, 0.5) is 0 Å². The van der Waals surface area contributed by atoms with E-state index in [0.29, 0.717) is 5.75 Å². The van der Waals surface area contributed by atoms with Gasteiger partial charge in [-0.05, 0) is 44.1 Å². The van der Waals surface area contributed by atoms with E-state index in [4.69, 9.17) is 10.5 Å². The Morgan fingerprint density at radius 2 is 2.04 bits per heavy atom. The van der Waals surface area contributed by atoms with E-state index in [1.165, 1.54) is 0 Å². The van der Waals surface area contributed by atoms with Gasteiger partial charge in [0, 0.05) is 23.6 Å². The summed E-state index contributed by atoms with van der Waals surface area (Å²) in [6.07, 6.45) is 2.87. The zero-order chi connectivity index (χ0) is 16.3. The van der Waals surface area contributed by atoms with E-state index in [0.717, 1.165) is 29.4 Å². The summed E-state index contributed by atoms with van der Waals surface area (Å²) in [5, 5.41) is 0.966. The van der Waals surface area contributed by atoms with E-state index in [9.17, 15) is 4.79 Å². The number of benzene rings is 1. The third kappa shape index (κ3) is 4.70. The van der Waals surface area contributed by atoms with Gasteiger partial charge in [-0.1, -0.05) is 19.9 Å². The minimum absolute atomic E-state index is 0. The number of halogens is 1. The molecule has 5 nitrogen and oxygen atoms in total. The number of fused-ring (bicyclic) bond motifs is 1. The van der Waals surface area contributed by atoms with E-state index < -0.39 is 6.04 Å². The molecule has 23 heavy (non-hydrogen) atoms. The molecule has 1 aromatic carbocycles. The summed E-state index contributed by atoms with van der Waals surface area (Å²) >= 11 is 0. The molecule has 0 aliphatic rings. The first-order valence-corrected chi connectivity index (χ1v) is 7.61. The lowest BCUT2D eigenvalue weighted by Gasteiger charge is -2.15. The first kappa shape index (κ1) is 19.5. The quantitative estimate of drug-likeness (QED) is 0.627. The molecule has 0 spiro atoms. The lowest BCUT2D eigenvalue weighted by atomic mass is 10.1. The summed E-state index contributed by atoms with van der Waals surface area (Å²) in [5.74, 6) is 0.238. The van der Waals surface area contributed by atoms with Crippen LogP contribution in [0.2, 0.25) is 0 Å². The second-order valence-electron chi connectivity index (χ2n) is 6.24. The van der Waals surface area contributed by atoms with E-state index >= 15 is 0 Å². The van der Waals surface area contributed by atoms with Gasteiger partial charge >= 0.3 is 5.97 Å². The van der Waals surface area contributed by atoms with Crippen LogP contribution in [-0.4, -0.2) is 42.5 Å². The molecule has 1 heterocycles. The monoisotopic (exact) mass is 339 g/mol. The number of aromatic nitrogens is 1. The van der Waals surface area contributed by atoms with Crippen molar-refractivity contribution in [2.45, 2.75) is 26.3 Å². The zero-order valence-corrected chi connectivity index (χ0v) is 14.9. The summed E-state index contributed by atoms with van der Waals surface area (Å²) in [7, 11) is 4.08. The molecule has 0 saturated carbocycles. The number of ether oxygens (including phenoxy) is 1. The first-order chi connectivity index (χ1) is 10.4. The fraction of sp³-hybridized carbons (Fsp3) is 0.471. The Morgan fingerprint density at radius 3 is 2.65 bits per heavy atom. The number of H-pyrrole nitrogens is 1. The molecule has 2 aromatic rings. The Hall–Kier alpha value is -1.56. The molecule has 1 aromatic heterocycles. The van der Waals surface area contributed by atoms with E-state index in [-0.39, 0.29) is 24.3 Å². The lowest BCUT2D eigenvalue weighted by Crippen LogP contribution is -2.38. The van der Waals surface area contributed by atoms with E-state index in [2.05, 4.69) is 9.88 Å². The number of hydrogen-bond donors (Lipinski definition) is 2. The van der Waals surface area contributed by atoms with Gasteiger partial charge in [0.1, 0.15) is 11.8 Å². The molecular formula is C17H26ClN3O2. The molecule has 0 fully saturated rings. The summed E-state index contributed by atoms with van der Waals surface area (Å²) in [6.45, 7) is 4.75. The highest BCUT2D eigenvalue weighted by Gasteiger charge is 2.21. The minimum Gasteiger partial charge on any atom is -0.425 e. The Kier molecular flexibility index (Phi) is 7.06. The molecule has 0 bridgehead atoms. The standard InChI is InChI=1S/C17H25N3O2.ClH/c1-11(2)16(18)17(21)22-14-7-5-6-13-15(14)12(10-19-13)8-9-20(3)4;/h5-7,10-11,16,19H,8-9,18H2,1-4H3;1H/t16-;/m0./s1. The van der Waals surface area contributed by atoms with E-state index in [1.807, 2.05) is 52.3 Å². The van der Waals surface area contributed by atoms with Crippen molar-refractivity contribution in [1.29, 1.82) is 0 Å². The molecule has 0 aliphatic heterocycles. The van der Waals surface area contributed by atoms with Gasteiger partial charge in [-0.2, -0.15) is 0 Å². The second-order valence-corrected chi connectivity index (χ2v) is 6.24. The molecule has 0 aliphatic carbocycles. The lowest BCUT2D eigenvalue weighted by molar-refractivity contribution is -0.136. The van der Waals surface area contributed by atoms with Crippen LogP contribution < -0.4 is 10.5 Å². The molecule has 1 atom stereocenters. The fourth-order valence-electron chi connectivity index (χ4n) is 2.29. The topological polar surface area (TPSA) is 71.4 Å². The average molecular weight is 340 g/mol. The smallest absolute Gasteiger partial charge is 0.328 e. The van der Waals surface area contributed by atoms with Crippen molar-refractivity contribution in [1.82, 2.24) is 9.88 Å². The Labute approximate surface area is 143 Å². The van der Waals surface area contributed by atoms with Crippen molar-refractivity contribution < 1.29 is 9.53 Å². The highest BCUT2D eigenvalue weighted by molar-refractivity contribution is 5.92. The van der Waals surface area contributed by atoms with Gasteiger partial charge in [-0.15, -0.1) is 12.4 Å². The van der Waals surface area contributed by atoms with Crippen LogP contribution in [-0.2, 0) is 11.2 Å². The van der Waals surface area contributed by atoms with E-state index in [1.54, 1.807) is 0 Å². The van der Waals surface area contributed by atoms with Crippen molar-refractivity contribution in [3.05, 3.63) is 30.0 Å². The largest absolute Gasteiger partial charge is 0.425 e. The average Bonchev–Trinajstić information content (AvgIpc) is 2.88. The van der Waals surface area contributed by atoms with Crippen LogP contribution in [0.5, 0.6) is 5.75 Å². The van der Waals surface area contributed by atoms with Crippen molar-refractivity contribution in [3.63, 3.8) is 0 Å². The maximum Gasteiger partial charge on any atom is 0.328 e. The molecule has 0 radical (unpaired) electrons. The number of nitrogens with two attached hydrogens (primary N) is 1. The van der Waals surface area contributed by atoms with Gasteiger partial charge in [0.15, 0.2) is 0 Å². The van der Waals surface area contributed by atoms with Crippen LogP contribution in [0.1, 0.15) is 19.4 Å². The number of nitrogens with zero attached hydrogens (tertiary/aromatic N) is 1. The third-order valence-electron chi connectivity index (χ3n) is 3.78. The van der Waals surface area contributed by atoms with Gasteiger partial charge in [0.2, 0.25) is 0 Å². The predicted molar refractivity (Wildman–Crippen MR) is 96.3 cm³/mol. The van der Waals surface area contributed by atoms with Crippen LogP contribution in [0.25, 0.3) is 10.9 Å². The fourth-order valence-corrected chi connectivity index (χ4v) is 2.29. The third-order valence-corrected chi connectivity index (χ3v) is 3.78. The van der Waals surface area contributed by atoms with Crippen LogP contribution in [0, 0.1) is 5.92 Å². The number of likely N-dealkylation sites (N-methyl/N-ethyl adjacent to an activating group) is 1. The highest BCUT2D eigenvalue weighted by atomic mass is 35.5. The molecule has 6 heteroatoms. The summed E-state index contributed by atoms with van der Waals surface area (Å²) in [6, 6.07) is 5.06. The van der Waals surface area contributed by atoms with Gasteiger partial charge in [-0.3, -0.25) is 0 Å². The van der Waals surface area contributed by atoms with Crippen molar-refractivity contribution in [3.8, 4) is 5.75 Å². The van der Waals surface area contributed by atoms with Crippen molar-refractivity contribution in [2.75, 3.05) is 20.6 Å². The maximum atomic E-state index is 12.1. The predicted octanol–water partition coefficient (Wildman–Crippen LogP) is 2.58. The van der Waals surface area contributed by atoms with Crippen LogP contribution >= 0.6 is 12.4 Å². The van der Waals surface area contributed by atoms with Gasteiger partial charge in [0.05, 0.1) is 0 Å². The SMILES string of the molecule is CC(C)[C@H](N)C(=O)Oc1cccc2[nH]cc(CCN(C)C)c12.Cl. The second kappa shape index (κ2) is 8.34. The molecule has 2 rings (SSSR count). The number of rotatable bonds is 6. The minimum atomic E-state index is -0.612. The Balaban J connectivity index is 0.00000264. The molecule has 0 saturated heterocycles. The molecular weight excluding hydrogens is 314 g/mol. The van der Waals surface area contributed by atoms with Crippen molar-refractivity contribution >= 4 is 29.3 Å². The summed E-state index contributed by atoms with van der Waals surface area (Å²) in [4.78, 5) is 17.5. The Morgan fingerprint density at radius 1 is 1.35 bits per heavy atom. The number of carbonyl (C=O) groups is 1. The zero-order valence-electron chi connectivity index (χ0n) is 14.1. The molecule has 3 N–H and O–H groups in total. The number of nitrogens with one attached hydrogen (secondary N) is 1. The molecule has 128 valence electrons. The first-order valence-electron chi connectivity index (χ1n) is 7.61. The van der Waals surface area contributed by atoms with Crippen LogP contribution in [0.3, 0.4) is 0 Å². The number of carbonyl (C=O) groups excluding carboxylic acids is 1. The van der Waals surface area contributed by atoms with Crippen molar-refractivity contribution in [2.24, 2.45) is 11.7 Å². The number of aromatic amines is 1. The van der Waals surface area contributed by atoms with Gasteiger partial charge in [0.25, 0.3) is 0 Å². The summed E-state index contributed by atoms with van der Waals surface area (Å²) in [5.41, 5.74) is 7.99. The Bertz CT molecular complexity index is 652. The maximum absolute atomic E-state index is 12.1. The number of hydrogen-bond acceptors (Lipinski definition) is 4. The normalized spacial score (nSPS) is 12.5. The highest BCUT2D eigenvalue weighted by Crippen LogP contribution is 2.29. The summed E-state index contributed by atoms with van der Waals surface area (Å²) < 4.78 is 5.56. The van der Waals surface area contributed by atoms with Crippen LogP contribution in [0.15, 0.2) is 24.4 Å². The van der Waals surface area contributed by atoms with Gasteiger partial charge in [-0.25, -0.2) is 4.79 Å².